The Kier molecular flexibility index (Phi) is 9.53. The maximum atomic E-state index is 13.2. The van der Waals surface area contributed by atoms with Gasteiger partial charge in [-0.25, -0.2) is 0 Å². The SMILES string of the molecule is CCCCCCCCCCOC(C(F)(F)F)C(F)(F)S(=O)(=O)O. The summed E-state index contributed by atoms with van der Waals surface area (Å²) in [5.74, 6) is 0. The Morgan fingerprint density at radius 2 is 1.35 bits per heavy atom. The van der Waals surface area contributed by atoms with Gasteiger partial charge in [-0.3, -0.25) is 4.55 Å². The first-order valence-electron chi connectivity index (χ1n) is 7.47. The number of hydrogen-bond acceptors (Lipinski definition) is 3. The van der Waals surface area contributed by atoms with E-state index >= 15 is 0 Å². The van der Waals surface area contributed by atoms with E-state index in [2.05, 4.69) is 11.7 Å². The molecule has 0 aliphatic heterocycles. The van der Waals surface area contributed by atoms with Crippen LogP contribution in [0.3, 0.4) is 0 Å². The van der Waals surface area contributed by atoms with Crippen molar-refractivity contribution in [2.45, 2.75) is 75.8 Å². The average Bonchev–Trinajstić information content (AvgIpc) is 2.37. The van der Waals surface area contributed by atoms with E-state index in [9.17, 15) is 30.4 Å². The van der Waals surface area contributed by atoms with Crippen LogP contribution in [0.5, 0.6) is 0 Å². The Morgan fingerprint density at radius 3 is 1.74 bits per heavy atom. The highest BCUT2D eigenvalue weighted by Gasteiger charge is 2.64. The molecule has 0 aliphatic carbocycles. The molecule has 0 radical (unpaired) electrons. The summed E-state index contributed by atoms with van der Waals surface area (Å²) >= 11 is 0. The third-order valence-electron chi connectivity index (χ3n) is 3.23. The van der Waals surface area contributed by atoms with Gasteiger partial charge in [-0.1, -0.05) is 51.9 Å². The van der Waals surface area contributed by atoms with Crippen LogP contribution in [0.25, 0.3) is 0 Å². The maximum Gasteiger partial charge on any atom is 0.421 e. The first-order chi connectivity index (χ1) is 10.4. The number of unbranched alkanes of at least 4 members (excludes halogenated alkanes) is 7. The molecule has 140 valence electrons. The summed E-state index contributed by atoms with van der Waals surface area (Å²) in [6.45, 7) is 1.40. The second-order valence-corrected chi connectivity index (χ2v) is 6.80. The maximum absolute atomic E-state index is 13.2. The summed E-state index contributed by atoms with van der Waals surface area (Å²) in [7, 11) is -6.22. The fraction of sp³-hybridized carbons (Fsp3) is 1.00. The number of halogens is 5. The Balaban J connectivity index is 4.26. The van der Waals surface area contributed by atoms with Gasteiger partial charge in [0.2, 0.25) is 6.10 Å². The summed E-state index contributed by atoms with van der Waals surface area (Å²) < 4.78 is 97.0. The minimum atomic E-state index is -6.22. The van der Waals surface area contributed by atoms with Gasteiger partial charge in [0.05, 0.1) is 0 Å². The van der Waals surface area contributed by atoms with Crippen molar-refractivity contribution in [2.24, 2.45) is 0 Å². The van der Waals surface area contributed by atoms with Gasteiger partial charge in [0.25, 0.3) is 0 Å². The molecule has 0 rings (SSSR count). The van der Waals surface area contributed by atoms with Crippen molar-refractivity contribution in [3.05, 3.63) is 0 Å². The van der Waals surface area contributed by atoms with E-state index in [1.165, 1.54) is 0 Å². The summed E-state index contributed by atoms with van der Waals surface area (Å²) in [6, 6.07) is 0. The van der Waals surface area contributed by atoms with E-state index < -0.39 is 34.3 Å². The zero-order chi connectivity index (χ0) is 18.1. The van der Waals surface area contributed by atoms with Gasteiger partial charge in [0.15, 0.2) is 0 Å². The highest BCUT2D eigenvalue weighted by molar-refractivity contribution is 7.86. The molecule has 1 atom stereocenters. The van der Waals surface area contributed by atoms with E-state index in [-0.39, 0.29) is 6.42 Å². The Bertz CT molecular complexity index is 423. The second kappa shape index (κ2) is 9.73. The number of ether oxygens (including phenoxy) is 1. The minimum Gasteiger partial charge on any atom is -0.362 e. The topological polar surface area (TPSA) is 63.6 Å². The molecule has 1 unspecified atom stereocenters. The van der Waals surface area contributed by atoms with Crippen molar-refractivity contribution in [3.8, 4) is 0 Å². The molecule has 10 heteroatoms. The second-order valence-electron chi connectivity index (χ2n) is 5.30. The number of hydrogen-bond donors (Lipinski definition) is 1. The highest BCUT2D eigenvalue weighted by Crippen LogP contribution is 2.38. The molecule has 0 bridgehead atoms. The van der Waals surface area contributed by atoms with E-state index in [0.717, 1.165) is 38.5 Å². The largest absolute Gasteiger partial charge is 0.421 e. The lowest BCUT2D eigenvalue weighted by Crippen LogP contribution is -2.51. The van der Waals surface area contributed by atoms with Crippen LogP contribution < -0.4 is 0 Å². The van der Waals surface area contributed by atoms with Crippen LogP contribution in [0.15, 0.2) is 0 Å². The van der Waals surface area contributed by atoms with E-state index in [4.69, 9.17) is 4.55 Å². The zero-order valence-electron chi connectivity index (χ0n) is 12.9. The third kappa shape index (κ3) is 8.25. The normalized spacial score (nSPS) is 14.9. The first kappa shape index (κ1) is 22.5. The van der Waals surface area contributed by atoms with Gasteiger partial charge in [0, 0.05) is 6.61 Å². The molecule has 0 saturated carbocycles. The number of rotatable bonds is 12. The molecule has 0 aromatic rings. The highest BCUT2D eigenvalue weighted by atomic mass is 32.2. The zero-order valence-corrected chi connectivity index (χ0v) is 13.7. The molecule has 0 spiro atoms. The summed E-state index contributed by atoms with van der Waals surface area (Å²) in [5.41, 5.74) is 0. The van der Waals surface area contributed by atoms with Gasteiger partial charge in [0.1, 0.15) is 0 Å². The van der Waals surface area contributed by atoms with Crippen molar-refractivity contribution in [1.29, 1.82) is 0 Å². The number of alkyl halides is 5. The van der Waals surface area contributed by atoms with Gasteiger partial charge >= 0.3 is 21.5 Å². The molecule has 0 aromatic carbocycles. The minimum absolute atomic E-state index is 0.0991. The van der Waals surface area contributed by atoms with E-state index in [1.54, 1.807) is 0 Å². The molecular formula is C13H23F5O4S. The first-order valence-corrected chi connectivity index (χ1v) is 8.91. The predicted molar refractivity (Wildman–Crippen MR) is 74.9 cm³/mol. The Labute approximate surface area is 133 Å². The molecule has 0 fully saturated rings. The van der Waals surface area contributed by atoms with Crippen LogP contribution in [0.1, 0.15) is 58.3 Å². The van der Waals surface area contributed by atoms with Gasteiger partial charge in [-0.05, 0) is 6.42 Å². The summed E-state index contributed by atoms with van der Waals surface area (Å²) in [6.07, 6.45) is -2.99. The van der Waals surface area contributed by atoms with Gasteiger partial charge in [-0.15, -0.1) is 0 Å². The van der Waals surface area contributed by atoms with Crippen molar-refractivity contribution in [2.75, 3.05) is 6.61 Å². The molecule has 4 nitrogen and oxygen atoms in total. The molecule has 1 N–H and O–H groups in total. The van der Waals surface area contributed by atoms with Crippen LogP contribution in [0.2, 0.25) is 0 Å². The van der Waals surface area contributed by atoms with Crippen LogP contribution in [-0.2, 0) is 14.9 Å². The van der Waals surface area contributed by atoms with Crippen LogP contribution in [0, 0.1) is 0 Å². The molecule has 23 heavy (non-hydrogen) atoms. The fourth-order valence-electron chi connectivity index (χ4n) is 1.95. The van der Waals surface area contributed by atoms with Crippen LogP contribution in [0.4, 0.5) is 22.0 Å². The average molecular weight is 370 g/mol. The summed E-state index contributed by atoms with van der Waals surface area (Å²) in [4.78, 5) is 0. The standard InChI is InChI=1S/C13H23F5O4S/c1-2-3-4-5-6-7-8-9-10-22-11(12(14,15)16)13(17,18)23(19,20)21/h11H,2-10H2,1H3,(H,19,20,21). The molecule has 0 aliphatic rings. The van der Waals surface area contributed by atoms with Crippen molar-refractivity contribution in [1.82, 2.24) is 0 Å². The fourth-order valence-corrected chi connectivity index (χ4v) is 2.43. The lowest BCUT2D eigenvalue weighted by atomic mass is 10.1. The van der Waals surface area contributed by atoms with E-state index in [0.29, 0.717) is 6.42 Å². The van der Waals surface area contributed by atoms with Gasteiger partial charge < -0.3 is 4.74 Å². The van der Waals surface area contributed by atoms with E-state index in [1.807, 2.05) is 0 Å². The van der Waals surface area contributed by atoms with Gasteiger partial charge in [-0.2, -0.15) is 30.4 Å². The Morgan fingerprint density at radius 1 is 0.913 bits per heavy atom. The molecule has 0 saturated heterocycles. The summed E-state index contributed by atoms with van der Waals surface area (Å²) in [5, 5.41) is -5.44. The van der Waals surface area contributed by atoms with Crippen LogP contribution >= 0.6 is 0 Å². The molecule has 0 aromatic heterocycles. The smallest absolute Gasteiger partial charge is 0.362 e. The molecule has 0 heterocycles. The lowest BCUT2D eigenvalue weighted by molar-refractivity contribution is -0.264. The quantitative estimate of drug-likeness (QED) is 0.311. The lowest BCUT2D eigenvalue weighted by Gasteiger charge is -2.26. The monoisotopic (exact) mass is 370 g/mol. The van der Waals surface area contributed by atoms with Crippen molar-refractivity contribution in [3.63, 3.8) is 0 Å². The Hall–Kier alpha value is -0.480. The molecular weight excluding hydrogens is 347 g/mol. The van der Waals surface area contributed by atoms with Crippen molar-refractivity contribution >= 4 is 10.1 Å². The molecule has 0 amide bonds. The van der Waals surface area contributed by atoms with Crippen molar-refractivity contribution < 1.29 is 39.7 Å². The predicted octanol–water partition coefficient (Wildman–Crippen LogP) is 4.56. The third-order valence-corrected chi connectivity index (χ3v) is 4.13. The van der Waals surface area contributed by atoms with Crippen LogP contribution in [-0.4, -0.2) is 37.1 Å².